The van der Waals surface area contributed by atoms with Crippen LogP contribution in [0.1, 0.15) is 52.5 Å². The summed E-state index contributed by atoms with van der Waals surface area (Å²) in [5.74, 6) is -1.67. The first-order valence-corrected chi connectivity index (χ1v) is 12.8. The Bertz CT molecular complexity index is 1040. The normalized spacial score (nSPS) is 16.5. The number of benzene rings is 1. The minimum absolute atomic E-state index is 0. The number of rotatable bonds is 14. The van der Waals surface area contributed by atoms with Gasteiger partial charge < -0.3 is 25.2 Å². The molecule has 1 amide bonds. The second-order valence-corrected chi connectivity index (χ2v) is 8.76. The van der Waals surface area contributed by atoms with Crippen LogP contribution in [0.3, 0.4) is 0 Å². The summed E-state index contributed by atoms with van der Waals surface area (Å²) in [7, 11) is 0.750. The van der Waals surface area contributed by atoms with Crippen LogP contribution in [0.15, 0.2) is 90.7 Å². The van der Waals surface area contributed by atoms with Gasteiger partial charge in [-0.3, -0.25) is 4.79 Å². The monoisotopic (exact) mass is 604 g/mol. The van der Waals surface area contributed by atoms with E-state index in [9.17, 15) is 13.6 Å². The van der Waals surface area contributed by atoms with Crippen LogP contribution in [0.4, 0.5) is 14.5 Å². The van der Waals surface area contributed by atoms with E-state index in [-0.39, 0.29) is 69.8 Å². The molecule has 2 atom stereocenters. The molecular formula is C30H40ClF2KN2O4. The Morgan fingerprint density at radius 2 is 1.82 bits per heavy atom. The zero-order valence-electron chi connectivity index (χ0n) is 24.4. The van der Waals surface area contributed by atoms with E-state index in [1.807, 2.05) is 32.1 Å². The van der Waals surface area contributed by atoms with Crippen molar-refractivity contribution in [3.8, 4) is 0 Å². The third-order valence-electron chi connectivity index (χ3n) is 5.36. The molecule has 0 bridgehead atoms. The predicted molar refractivity (Wildman–Crippen MR) is 155 cm³/mol. The molecule has 0 saturated heterocycles. The van der Waals surface area contributed by atoms with E-state index in [0.29, 0.717) is 35.2 Å². The molecule has 1 saturated carbocycles. The summed E-state index contributed by atoms with van der Waals surface area (Å²) >= 11 is 6.30. The number of halogens is 3. The molecule has 6 nitrogen and oxygen atoms in total. The smallest absolute Gasteiger partial charge is 0.857 e. The zero-order chi connectivity index (χ0) is 30.0. The SMILES string of the molecule is C=C/C=C(\C(Cl)=C/C)C(C)OC(=C)N/C(CCC)=C(/OC=C)c1ccc(NC=O)cc1.CC1CC1(F)F.C[O-].[K+]. The van der Waals surface area contributed by atoms with Crippen molar-refractivity contribution < 1.29 is 79.5 Å². The number of ether oxygens (including phenoxy) is 2. The summed E-state index contributed by atoms with van der Waals surface area (Å²) in [6, 6.07) is 7.28. The number of amides is 1. The van der Waals surface area contributed by atoms with Gasteiger partial charge in [-0.2, -0.15) is 7.11 Å². The summed E-state index contributed by atoms with van der Waals surface area (Å²) in [4.78, 5) is 10.6. The Kier molecular flexibility index (Phi) is 22.2. The Morgan fingerprint density at radius 3 is 2.23 bits per heavy atom. The molecule has 2 N–H and O–H groups in total. The Morgan fingerprint density at radius 1 is 1.27 bits per heavy atom. The van der Waals surface area contributed by atoms with Crippen molar-refractivity contribution in [3.63, 3.8) is 0 Å². The van der Waals surface area contributed by atoms with Crippen LogP contribution in [0.5, 0.6) is 0 Å². The summed E-state index contributed by atoms with van der Waals surface area (Å²) < 4.78 is 34.7. The van der Waals surface area contributed by atoms with Crippen molar-refractivity contribution in [3.05, 3.63) is 96.2 Å². The molecule has 1 fully saturated rings. The van der Waals surface area contributed by atoms with E-state index >= 15 is 0 Å². The first kappa shape index (κ1) is 40.4. The quantitative estimate of drug-likeness (QED) is 0.144. The van der Waals surface area contributed by atoms with Crippen LogP contribution in [-0.2, 0) is 14.3 Å². The van der Waals surface area contributed by atoms with E-state index < -0.39 is 5.92 Å². The zero-order valence-corrected chi connectivity index (χ0v) is 28.2. The van der Waals surface area contributed by atoms with Gasteiger partial charge in [0.05, 0.1) is 12.0 Å². The largest absolute Gasteiger partial charge is 1.00 e. The Labute approximate surface area is 285 Å². The van der Waals surface area contributed by atoms with E-state index in [1.54, 1.807) is 31.2 Å². The molecule has 216 valence electrons. The molecule has 1 aromatic carbocycles. The number of hydrogen-bond acceptors (Lipinski definition) is 5. The average Bonchev–Trinajstić information content (AvgIpc) is 3.49. The van der Waals surface area contributed by atoms with Gasteiger partial charge in [-0.1, -0.05) is 63.3 Å². The Hall–Kier alpha value is -1.72. The number of nitrogens with one attached hydrogen (secondary N) is 2. The van der Waals surface area contributed by atoms with Crippen LogP contribution in [0.25, 0.3) is 5.76 Å². The van der Waals surface area contributed by atoms with Gasteiger partial charge in [0.25, 0.3) is 5.92 Å². The molecule has 0 aliphatic heterocycles. The molecule has 0 aromatic heterocycles. The minimum Gasteiger partial charge on any atom is -0.857 e. The van der Waals surface area contributed by atoms with Crippen LogP contribution in [-0.4, -0.2) is 25.5 Å². The van der Waals surface area contributed by atoms with E-state index in [4.69, 9.17) is 26.2 Å². The van der Waals surface area contributed by atoms with E-state index in [1.165, 1.54) is 6.26 Å². The van der Waals surface area contributed by atoms with Crippen molar-refractivity contribution in [2.75, 3.05) is 12.4 Å². The number of alkyl halides is 2. The number of allylic oxidation sites excluding steroid dienone is 4. The van der Waals surface area contributed by atoms with Crippen LogP contribution in [0.2, 0.25) is 0 Å². The van der Waals surface area contributed by atoms with Gasteiger partial charge in [-0.25, -0.2) is 8.78 Å². The van der Waals surface area contributed by atoms with Gasteiger partial charge in [-0.15, -0.1) is 0 Å². The fourth-order valence-corrected chi connectivity index (χ4v) is 3.41. The van der Waals surface area contributed by atoms with Gasteiger partial charge in [0.1, 0.15) is 6.10 Å². The molecule has 1 aliphatic rings. The number of carbonyl (C=O) groups excluding carboxylic acids is 1. The van der Waals surface area contributed by atoms with Gasteiger partial charge in [0, 0.05) is 34.2 Å². The number of carbonyl (C=O) groups is 1. The second-order valence-electron chi connectivity index (χ2n) is 8.35. The number of anilines is 1. The Balaban J connectivity index is 0. The summed E-state index contributed by atoms with van der Waals surface area (Å²) in [6.45, 7) is 18.8. The van der Waals surface area contributed by atoms with Crippen molar-refractivity contribution in [1.29, 1.82) is 0 Å². The van der Waals surface area contributed by atoms with Crippen molar-refractivity contribution in [2.24, 2.45) is 5.92 Å². The second kappa shape index (κ2) is 21.9. The van der Waals surface area contributed by atoms with Gasteiger partial charge in [0.2, 0.25) is 6.41 Å². The van der Waals surface area contributed by atoms with Crippen LogP contribution < -0.4 is 67.1 Å². The van der Waals surface area contributed by atoms with Gasteiger partial charge >= 0.3 is 51.4 Å². The third kappa shape index (κ3) is 14.8. The fourth-order valence-electron chi connectivity index (χ4n) is 3.19. The first-order chi connectivity index (χ1) is 18.5. The molecule has 0 spiro atoms. The van der Waals surface area contributed by atoms with Gasteiger partial charge in [-0.05, 0) is 51.1 Å². The third-order valence-corrected chi connectivity index (χ3v) is 5.80. The van der Waals surface area contributed by atoms with Crippen molar-refractivity contribution in [2.45, 2.75) is 59.0 Å². The first-order valence-electron chi connectivity index (χ1n) is 12.4. The van der Waals surface area contributed by atoms with Crippen LogP contribution >= 0.6 is 11.6 Å². The maximum absolute atomic E-state index is 11.5. The van der Waals surface area contributed by atoms with E-state index in [0.717, 1.165) is 30.4 Å². The standard InChI is InChI=1S/C25H31ClN2O3.C4H6F2.CH3O.K/c1-7-11-22(23(26)9-3)18(5)31-19(6)28-24(12-8-2)25(30-10-4)20-13-15-21(16-14-20)27-17-29;1-3-2-4(3,5)6;1-2;/h7,9-11,13-18,28H,1,4,6,8,12H2,2-3,5H3,(H,27,29);3H,2H2,1H3;1H3;/q;;-1;+1/b22-11-,23-9+,25-24+;;;. The maximum Gasteiger partial charge on any atom is 1.00 e. The average molecular weight is 605 g/mol. The topological polar surface area (TPSA) is 82.6 Å². The van der Waals surface area contributed by atoms with Crippen molar-refractivity contribution >= 4 is 29.5 Å². The molecule has 0 radical (unpaired) electrons. The molecular weight excluding hydrogens is 565 g/mol. The van der Waals surface area contributed by atoms with E-state index in [2.05, 4.69) is 37.3 Å². The minimum atomic E-state index is -2.29. The summed E-state index contributed by atoms with van der Waals surface area (Å²) in [6.07, 6.45) is 8.60. The van der Waals surface area contributed by atoms with Crippen LogP contribution in [0, 0.1) is 5.92 Å². The van der Waals surface area contributed by atoms with Gasteiger partial charge in [0.15, 0.2) is 11.6 Å². The maximum atomic E-state index is 11.5. The summed E-state index contributed by atoms with van der Waals surface area (Å²) in [5, 5.41) is 14.7. The summed E-state index contributed by atoms with van der Waals surface area (Å²) in [5.41, 5.74) is 3.09. The molecule has 40 heavy (non-hydrogen) atoms. The molecule has 1 aliphatic carbocycles. The molecule has 2 rings (SSSR count). The predicted octanol–water partition coefficient (Wildman–Crippen LogP) is 4.25. The molecule has 1 aromatic rings. The van der Waals surface area contributed by atoms with Crippen molar-refractivity contribution in [1.82, 2.24) is 5.32 Å². The molecule has 2 unspecified atom stereocenters. The molecule has 0 heterocycles. The number of hydrogen-bond donors (Lipinski definition) is 2. The fraction of sp³-hybridized carbons (Fsp3) is 0.367. The molecule has 10 heteroatoms.